The number of carbonyl (C=O) groups excluding carboxylic acids is 1. The molecule has 4 heterocycles. The van der Waals surface area contributed by atoms with Gasteiger partial charge in [0.2, 0.25) is 0 Å². The molecule has 1 aliphatic heterocycles. The number of hydrogen-bond acceptors (Lipinski definition) is 7. The van der Waals surface area contributed by atoms with Gasteiger partial charge < -0.3 is 15.7 Å². The summed E-state index contributed by atoms with van der Waals surface area (Å²) in [5.41, 5.74) is 4.33. The average Bonchev–Trinajstić information content (AvgIpc) is 3.52. The van der Waals surface area contributed by atoms with Gasteiger partial charge in [0.15, 0.2) is 0 Å². The first kappa shape index (κ1) is 24.1. The summed E-state index contributed by atoms with van der Waals surface area (Å²) in [6, 6.07) is 15.0. The number of nitrogens with one attached hydrogen (secondary N) is 2. The van der Waals surface area contributed by atoms with Crippen LogP contribution in [0.1, 0.15) is 40.9 Å². The van der Waals surface area contributed by atoms with Crippen LogP contribution in [0.3, 0.4) is 0 Å². The smallest absolute Gasteiger partial charge is 0.255 e. The zero-order chi connectivity index (χ0) is 26.2. The van der Waals surface area contributed by atoms with Gasteiger partial charge in [-0.15, -0.1) is 0 Å². The molecule has 1 aromatic carbocycles. The third-order valence-electron chi connectivity index (χ3n) is 6.16. The third kappa shape index (κ3) is 4.90. The summed E-state index contributed by atoms with van der Waals surface area (Å²) in [5.74, 6) is -0.533. The molecule has 0 radical (unpaired) electrons. The number of fused-ring (bicyclic) bond motifs is 2. The van der Waals surface area contributed by atoms with Gasteiger partial charge in [-0.25, -0.2) is 8.91 Å². The molecule has 5 rings (SSSR count). The van der Waals surface area contributed by atoms with Crippen molar-refractivity contribution in [2.75, 3.05) is 11.9 Å². The van der Waals surface area contributed by atoms with Gasteiger partial charge in [0, 0.05) is 18.1 Å². The molecule has 3 N–H and O–H groups in total. The van der Waals surface area contributed by atoms with E-state index in [1.54, 1.807) is 16.6 Å². The van der Waals surface area contributed by atoms with Gasteiger partial charge in [0.05, 0.1) is 58.6 Å². The van der Waals surface area contributed by atoms with Crippen LogP contribution >= 0.6 is 0 Å². The van der Waals surface area contributed by atoms with Crippen molar-refractivity contribution < 1.29 is 14.3 Å². The highest BCUT2D eigenvalue weighted by Crippen LogP contribution is 2.29. The standard InChI is InChI=1S/C27H24FN7O2/c1-27(2,37)25(28)15-32-26(36)21-14-31-23(24-6-5-20-7-16(10-29)11-33-35(20)24)9-22(21)34-19-4-3-17-12-30-13-18(17)8-19/h3-9,11-12,14,25,37H,13,15H2,1-2H3,(H,31,34)(H,32,36)/t25-/m1/s1. The molecule has 1 aliphatic rings. The van der Waals surface area contributed by atoms with Crippen LogP contribution in [0.5, 0.6) is 0 Å². The van der Waals surface area contributed by atoms with Gasteiger partial charge >= 0.3 is 0 Å². The summed E-state index contributed by atoms with van der Waals surface area (Å²) in [7, 11) is 0. The third-order valence-corrected chi connectivity index (χ3v) is 6.16. The number of aromatic nitrogens is 3. The van der Waals surface area contributed by atoms with E-state index in [-0.39, 0.29) is 12.1 Å². The lowest BCUT2D eigenvalue weighted by Crippen LogP contribution is -2.42. The fourth-order valence-corrected chi connectivity index (χ4v) is 4.01. The van der Waals surface area contributed by atoms with Crippen molar-refractivity contribution in [3.8, 4) is 17.5 Å². The molecule has 3 aromatic heterocycles. The van der Waals surface area contributed by atoms with E-state index in [1.807, 2.05) is 36.5 Å². The predicted molar refractivity (Wildman–Crippen MR) is 138 cm³/mol. The molecule has 0 saturated heterocycles. The van der Waals surface area contributed by atoms with Crippen molar-refractivity contribution in [1.29, 1.82) is 5.26 Å². The first-order chi connectivity index (χ1) is 17.7. The molecule has 1 amide bonds. The Hall–Kier alpha value is -4.62. The minimum absolute atomic E-state index is 0.212. The molecule has 186 valence electrons. The fraction of sp³-hybridized carbons (Fsp3) is 0.222. The van der Waals surface area contributed by atoms with Crippen LogP contribution in [-0.2, 0) is 6.54 Å². The maximum atomic E-state index is 14.3. The summed E-state index contributed by atoms with van der Waals surface area (Å²) in [5, 5.41) is 29.2. The normalized spacial score (nSPS) is 13.3. The zero-order valence-corrected chi connectivity index (χ0v) is 20.2. The van der Waals surface area contributed by atoms with Gasteiger partial charge in [-0.3, -0.25) is 14.8 Å². The highest BCUT2D eigenvalue weighted by molar-refractivity contribution is 6.00. The molecule has 10 heteroatoms. The van der Waals surface area contributed by atoms with Crippen LogP contribution in [0, 0.1) is 11.3 Å². The predicted octanol–water partition coefficient (Wildman–Crippen LogP) is 3.78. The second-order valence-electron chi connectivity index (χ2n) is 9.37. The Bertz CT molecular complexity index is 1580. The molecular formula is C27H24FN7O2. The Balaban J connectivity index is 1.51. The minimum atomic E-state index is -1.65. The summed E-state index contributed by atoms with van der Waals surface area (Å²) in [6.45, 7) is 2.93. The van der Waals surface area contributed by atoms with Crippen molar-refractivity contribution in [3.63, 3.8) is 0 Å². The van der Waals surface area contributed by atoms with Gasteiger partial charge in [0.1, 0.15) is 12.2 Å². The number of nitrogens with zero attached hydrogens (tertiary/aromatic N) is 5. The molecule has 0 spiro atoms. The van der Waals surface area contributed by atoms with E-state index in [0.29, 0.717) is 29.2 Å². The van der Waals surface area contributed by atoms with Crippen LogP contribution in [0.15, 0.2) is 59.9 Å². The van der Waals surface area contributed by atoms with E-state index in [1.165, 1.54) is 26.2 Å². The lowest BCUT2D eigenvalue weighted by atomic mass is 10.0. The molecule has 4 aromatic rings. The van der Waals surface area contributed by atoms with Crippen LogP contribution in [0.2, 0.25) is 0 Å². The number of halogens is 1. The topological polar surface area (TPSA) is 128 Å². The van der Waals surface area contributed by atoms with Gasteiger partial charge in [-0.1, -0.05) is 6.07 Å². The number of alkyl halides is 1. The number of amides is 1. The highest BCUT2D eigenvalue weighted by atomic mass is 19.1. The number of aliphatic hydroxyl groups is 1. The fourth-order valence-electron chi connectivity index (χ4n) is 4.01. The Labute approximate surface area is 212 Å². The maximum Gasteiger partial charge on any atom is 0.255 e. The van der Waals surface area contributed by atoms with E-state index in [9.17, 15) is 14.3 Å². The first-order valence-electron chi connectivity index (χ1n) is 11.7. The maximum absolute atomic E-state index is 14.3. The number of rotatable bonds is 7. The van der Waals surface area contributed by atoms with Gasteiger partial charge in [0.25, 0.3) is 5.91 Å². The Kier molecular flexibility index (Phi) is 6.15. The van der Waals surface area contributed by atoms with E-state index in [4.69, 9.17) is 5.26 Å². The average molecular weight is 498 g/mol. The molecule has 9 nitrogen and oxygen atoms in total. The Morgan fingerprint density at radius 2 is 2.08 bits per heavy atom. The van der Waals surface area contributed by atoms with Crippen molar-refractivity contribution in [1.82, 2.24) is 19.9 Å². The second kappa shape index (κ2) is 9.44. The zero-order valence-electron chi connectivity index (χ0n) is 20.2. The van der Waals surface area contributed by atoms with Crippen molar-refractivity contribution in [3.05, 3.63) is 77.1 Å². The van der Waals surface area contributed by atoms with Crippen molar-refractivity contribution in [2.24, 2.45) is 4.99 Å². The second-order valence-corrected chi connectivity index (χ2v) is 9.37. The van der Waals surface area contributed by atoms with Crippen LogP contribution in [0.25, 0.3) is 16.9 Å². The largest absolute Gasteiger partial charge is 0.387 e. The number of benzene rings is 1. The molecule has 0 fully saturated rings. The van der Waals surface area contributed by atoms with Crippen LogP contribution in [0.4, 0.5) is 15.8 Å². The van der Waals surface area contributed by atoms with E-state index in [0.717, 1.165) is 22.3 Å². The molecule has 0 saturated carbocycles. The van der Waals surface area contributed by atoms with Gasteiger partial charge in [-0.05, 0) is 61.4 Å². The van der Waals surface area contributed by atoms with Gasteiger partial charge in [-0.2, -0.15) is 10.4 Å². The first-order valence-corrected chi connectivity index (χ1v) is 11.7. The molecular weight excluding hydrogens is 473 g/mol. The van der Waals surface area contributed by atoms with Crippen molar-refractivity contribution in [2.45, 2.75) is 32.2 Å². The number of nitriles is 1. The lowest BCUT2D eigenvalue weighted by molar-refractivity contribution is -0.00177. The lowest BCUT2D eigenvalue weighted by Gasteiger charge is -2.22. The van der Waals surface area contributed by atoms with Crippen LogP contribution < -0.4 is 10.6 Å². The SMILES string of the molecule is CC(C)(O)[C@H](F)CNC(=O)c1cnc(-c2ccc3cc(C#N)cnn23)cc1Nc1ccc2c(c1)CN=C2. The highest BCUT2D eigenvalue weighted by Gasteiger charge is 2.27. The number of hydrogen-bond donors (Lipinski definition) is 3. The quantitative estimate of drug-likeness (QED) is 0.357. The van der Waals surface area contributed by atoms with E-state index < -0.39 is 17.7 Å². The number of pyridine rings is 1. The number of carbonyl (C=O) groups is 1. The van der Waals surface area contributed by atoms with Crippen LogP contribution in [-0.4, -0.2) is 50.1 Å². The number of anilines is 2. The van der Waals surface area contributed by atoms with E-state index in [2.05, 4.69) is 31.8 Å². The summed E-state index contributed by atoms with van der Waals surface area (Å²) < 4.78 is 15.9. The summed E-state index contributed by atoms with van der Waals surface area (Å²) in [6.07, 6.45) is 3.07. The minimum Gasteiger partial charge on any atom is -0.387 e. The summed E-state index contributed by atoms with van der Waals surface area (Å²) in [4.78, 5) is 21.8. The molecule has 0 unspecified atom stereocenters. The Morgan fingerprint density at radius 3 is 2.86 bits per heavy atom. The van der Waals surface area contributed by atoms with E-state index >= 15 is 0 Å². The molecule has 0 aliphatic carbocycles. The molecule has 37 heavy (non-hydrogen) atoms. The van der Waals surface area contributed by atoms with Crippen molar-refractivity contribution >= 4 is 29.0 Å². The molecule has 1 atom stereocenters. The number of aliphatic imine (C=N–C) groups is 1. The monoisotopic (exact) mass is 497 g/mol. The Morgan fingerprint density at radius 1 is 1.24 bits per heavy atom. The summed E-state index contributed by atoms with van der Waals surface area (Å²) >= 11 is 0. The molecule has 0 bridgehead atoms.